The molecule has 0 radical (unpaired) electrons. The van der Waals surface area contributed by atoms with Crippen molar-refractivity contribution >= 4 is 34.2 Å². The van der Waals surface area contributed by atoms with Gasteiger partial charge in [-0.15, -0.1) is 11.3 Å². The predicted molar refractivity (Wildman–Crippen MR) is 92.0 cm³/mol. The van der Waals surface area contributed by atoms with Crippen molar-refractivity contribution in [2.75, 3.05) is 0 Å². The van der Waals surface area contributed by atoms with Gasteiger partial charge in [-0.2, -0.15) is 0 Å². The van der Waals surface area contributed by atoms with Crippen LogP contribution in [0, 0.1) is 6.92 Å². The number of ether oxygens (including phenoxy) is 1. The Bertz CT molecular complexity index is 866. The molecule has 2 heterocycles. The Morgan fingerprint density at radius 3 is 2.75 bits per heavy atom. The first kappa shape index (κ1) is 16.3. The van der Waals surface area contributed by atoms with E-state index in [2.05, 4.69) is 5.32 Å². The van der Waals surface area contributed by atoms with E-state index in [1.165, 1.54) is 0 Å². The van der Waals surface area contributed by atoms with Crippen molar-refractivity contribution in [3.8, 4) is 0 Å². The van der Waals surface area contributed by atoms with Crippen LogP contribution in [-0.4, -0.2) is 18.0 Å². The summed E-state index contributed by atoms with van der Waals surface area (Å²) in [5.41, 5.74) is 1.33. The largest absolute Gasteiger partial charge is 0.449 e. The van der Waals surface area contributed by atoms with Gasteiger partial charge in [-0.05, 0) is 31.4 Å². The van der Waals surface area contributed by atoms with Crippen LogP contribution in [0.25, 0.3) is 11.0 Å². The Labute approximate surface area is 143 Å². The first-order valence-corrected chi connectivity index (χ1v) is 8.43. The number of aryl methyl sites for hydroxylation is 1. The van der Waals surface area contributed by atoms with Crippen LogP contribution < -0.4 is 5.32 Å². The fourth-order valence-electron chi connectivity index (χ4n) is 2.37. The standard InChI is InChI=1S/C18H17NO4S/c1-11-14-7-3-4-8-15(14)23-16(11)18(21)22-12(2)17(20)19-10-13-6-5-9-24-13/h3-9,12H,10H2,1-2H3,(H,19,20)/t12-/m0/s1. The number of esters is 1. The molecule has 0 spiro atoms. The summed E-state index contributed by atoms with van der Waals surface area (Å²) < 4.78 is 10.8. The summed E-state index contributed by atoms with van der Waals surface area (Å²) in [5, 5.41) is 5.55. The van der Waals surface area contributed by atoms with E-state index in [4.69, 9.17) is 9.15 Å². The van der Waals surface area contributed by atoms with Crippen LogP contribution in [0.15, 0.2) is 46.2 Å². The second-order valence-electron chi connectivity index (χ2n) is 5.40. The van der Waals surface area contributed by atoms with E-state index in [0.717, 1.165) is 10.3 Å². The van der Waals surface area contributed by atoms with Gasteiger partial charge < -0.3 is 14.5 Å². The third-order valence-corrected chi connectivity index (χ3v) is 4.58. The van der Waals surface area contributed by atoms with Crippen LogP contribution in [0.3, 0.4) is 0 Å². The molecule has 0 unspecified atom stereocenters. The van der Waals surface area contributed by atoms with Crippen molar-refractivity contribution in [3.05, 3.63) is 58.0 Å². The Kier molecular flexibility index (Phi) is 4.66. The molecule has 124 valence electrons. The van der Waals surface area contributed by atoms with E-state index in [0.29, 0.717) is 17.7 Å². The van der Waals surface area contributed by atoms with Crippen LogP contribution in [0.2, 0.25) is 0 Å². The normalized spacial score (nSPS) is 12.1. The maximum absolute atomic E-state index is 12.3. The lowest BCUT2D eigenvalue weighted by Crippen LogP contribution is -2.35. The summed E-state index contributed by atoms with van der Waals surface area (Å²) in [7, 11) is 0. The second kappa shape index (κ2) is 6.88. The van der Waals surface area contributed by atoms with Gasteiger partial charge in [0.1, 0.15) is 5.58 Å². The molecule has 0 bridgehead atoms. The van der Waals surface area contributed by atoms with Gasteiger partial charge in [0.2, 0.25) is 5.76 Å². The monoisotopic (exact) mass is 343 g/mol. The maximum atomic E-state index is 12.3. The number of thiophene rings is 1. The van der Waals surface area contributed by atoms with Gasteiger partial charge in [-0.3, -0.25) is 4.79 Å². The SMILES string of the molecule is Cc1c(C(=O)O[C@@H](C)C(=O)NCc2cccs2)oc2ccccc12. The van der Waals surface area contributed by atoms with Crippen LogP contribution >= 0.6 is 11.3 Å². The number of furan rings is 1. The molecule has 0 aliphatic rings. The number of hydrogen-bond acceptors (Lipinski definition) is 5. The highest BCUT2D eigenvalue weighted by Crippen LogP contribution is 2.25. The molecule has 3 aromatic rings. The van der Waals surface area contributed by atoms with E-state index in [9.17, 15) is 9.59 Å². The van der Waals surface area contributed by atoms with Crippen molar-refractivity contribution in [1.29, 1.82) is 0 Å². The fourth-order valence-corrected chi connectivity index (χ4v) is 3.01. The smallest absolute Gasteiger partial charge is 0.375 e. The molecule has 24 heavy (non-hydrogen) atoms. The maximum Gasteiger partial charge on any atom is 0.375 e. The van der Waals surface area contributed by atoms with Gasteiger partial charge in [-0.1, -0.05) is 24.3 Å². The van der Waals surface area contributed by atoms with Crippen molar-refractivity contribution in [2.24, 2.45) is 0 Å². The average Bonchev–Trinajstić information content (AvgIpc) is 3.21. The van der Waals surface area contributed by atoms with E-state index in [-0.39, 0.29) is 11.7 Å². The minimum atomic E-state index is -0.898. The van der Waals surface area contributed by atoms with Crippen LogP contribution in [0.4, 0.5) is 0 Å². The summed E-state index contributed by atoms with van der Waals surface area (Å²) in [6.07, 6.45) is -0.898. The van der Waals surface area contributed by atoms with Crippen LogP contribution in [0.5, 0.6) is 0 Å². The number of para-hydroxylation sites is 1. The minimum Gasteiger partial charge on any atom is -0.449 e. The quantitative estimate of drug-likeness (QED) is 0.718. The molecule has 6 heteroatoms. The highest BCUT2D eigenvalue weighted by atomic mass is 32.1. The van der Waals surface area contributed by atoms with Crippen molar-refractivity contribution in [3.63, 3.8) is 0 Å². The Hall–Kier alpha value is -2.60. The van der Waals surface area contributed by atoms with E-state index in [1.807, 2.05) is 35.7 Å². The van der Waals surface area contributed by atoms with E-state index < -0.39 is 12.1 Å². The molecule has 0 fully saturated rings. The first-order chi connectivity index (χ1) is 11.6. The number of carbonyl (C=O) groups is 2. The van der Waals surface area contributed by atoms with Gasteiger partial charge in [0, 0.05) is 15.8 Å². The van der Waals surface area contributed by atoms with E-state index in [1.54, 1.807) is 31.3 Å². The second-order valence-corrected chi connectivity index (χ2v) is 6.43. The third-order valence-electron chi connectivity index (χ3n) is 3.70. The van der Waals surface area contributed by atoms with Gasteiger partial charge in [0.05, 0.1) is 6.54 Å². The molecule has 3 rings (SSSR count). The van der Waals surface area contributed by atoms with Crippen molar-refractivity contribution in [2.45, 2.75) is 26.5 Å². The van der Waals surface area contributed by atoms with Gasteiger partial charge in [0.15, 0.2) is 6.10 Å². The number of amides is 1. The predicted octanol–water partition coefficient (Wildman–Crippen LogP) is 3.66. The van der Waals surface area contributed by atoms with Crippen LogP contribution in [0.1, 0.15) is 27.9 Å². The number of fused-ring (bicyclic) bond motifs is 1. The van der Waals surface area contributed by atoms with Crippen molar-refractivity contribution < 1.29 is 18.7 Å². The average molecular weight is 343 g/mol. The Morgan fingerprint density at radius 2 is 2.04 bits per heavy atom. The summed E-state index contributed by atoms with van der Waals surface area (Å²) in [5.74, 6) is -0.845. The molecular weight excluding hydrogens is 326 g/mol. The van der Waals surface area contributed by atoms with Gasteiger partial charge in [0.25, 0.3) is 5.91 Å². The molecular formula is C18H17NO4S. The number of rotatable bonds is 5. The Balaban J connectivity index is 1.64. The van der Waals surface area contributed by atoms with Crippen LogP contribution in [-0.2, 0) is 16.1 Å². The van der Waals surface area contributed by atoms with Gasteiger partial charge in [-0.25, -0.2) is 4.79 Å². The summed E-state index contributed by atoms with van der Waals surface area (Å²) in [6.45, 7) is 3.76. The lowest BCUT2D eigenvalue weighted by molar-refractivity contribution is -0.129. The topological polar surface area (TPSA) is 68.5 Å². The number of nitrogens with one attached hydrogen (secondary N) is 1. The first-order valence-electron chi connectivity index (χ1n) is 7.55. The summed E-state index contributed by atoms with van der Waals surface area (Å²) in [4.78, 5) is 25.4. The zero-order chi connectivity index (χ0) is 17.1. The fraction of sp³-hybridized carbons (Fsp3) is 0.222. The molecule has 1 N–H and O–H groups in total. The number of carbonyl (C=O) groups excluding carboxylic acids is 2. The number of benzene rings is 1. The highest BCUT2D eigenvalue weighted by molar-refractivity contribution is 7.09. The summed E-state index contributed by atoms with van der Waals surface area (Å²) in [6, 6.07) is 11.2. The highest BCUT2D eigenvalue weighted by Gasteiger charge is 2.23. The lowest BCUT2D eigenvalue weighted by Gasteiger charge is -2.12. The molecule has 0 aliphatic heterocycles. The van der Waals surface area contributed by atoms with Crippen molar-refractivity contribution in [1.82, 2.24) is 5.32 Å². The molecule has 1 atom stereocenters. The van der Waals surface area contributed by atoms with Gasteiger partial charge >= 0.3 is 5.97 Å². The minimum absolute atomic E-state index is 0.133. The molecule has 1 amide bonds. The third kappa shape index (κ3) is 3.33. The molecule has 0 aliphatic carbocycles. The summed E-state index contributed by atoms with van der Waals surface area (Å²) >= 11 is 1.55. The molecule has 2 aromatic heterocycles. The zero-order valence-corrected chi connectivity index (χ0v) is 14.2. The molecule has 0 saturated carbocycles. The lowest BCUT2D eigenvalue weighted by atomic mass is 10.1. The Morgan fingerprint density at radius 1 is 1.25 bits per heavy atom. The number of hydrogen-bond donors (Lipinski definition) is 1. The van der Waals surface area contributed by atoms with E-state index >= 15 is 0 Å². The molecule has 5 nitrogen and oxygen atoms in total. The molecule has 1 aromatic carbocycles. The molecule has 0 saturated heterocycles. The zero-order valence-electron chi connectivity index (χ0n) is 13.4.